The Morgan fingerprint density at radius 3 is 1.78 bits per heavy atom. The number of nitrogens with zero attached hydrogens (tertiary/aromatic N) is 2. The Kier molecular flexibility index (Phi) is 5.25. The predicted octanol–water partition coefficient (Wildman–Crippen LogP) is 7.58. The monoisotopic (exact) mass is 510 g/mol. The lowest BCUT2D eigenvalue weighted by Gasteiger charge is -2.29. The summed E-state index contributed by atoms with van der Waals surface area (Å²) >= 11 is 13.7. The van der Waals surface area contributed by atoms with Crippen molar-refractivity contribution >= 4 is 78.3 Å². The van der Waals surface area contributed by atoms with Crippen molar-refractivity contribution in [3.8, 4) is 0 Å². The van der Waals surface area contributed by atoms with E-state index in [4.69, 9.17) is 23.2 Å². The van der Waals surface area contributed by atoms with Crippen LogP contribution in [0, 0.1) is 0 Å². The van der Waals surface area contributed by atoms with Gasteiger partial charge in [0.15, 0.2) is 0 Å². The van der Waals surface area contributed by atoms with Gasteiger partial charge in [0.1, 0.15) is 5.02 Å². The highest BCUT2D eigenvalue weighted by Gasteiger charge is 2.27. The zero-order chi connectivity index (χ0) is 25.1. The summed E-state index contributed by atoms with van der Waals surface area (Å²) in [7, 11) is 3.95. The molecule has 6 rings (SSSR count). The van der Waals surface area contributed by atoms with Crippen molar-refractivity contribution in [2.75, 3.05) is 23.9 Å². The van der Waals surface area contributed by atoms with Crippen LogP contribution in [0.15, 0.2) is 94.5 Å². The molecule has 0 atom stereocenters. The lowest BCUT2D eigenvalue weighted by atomic mass is 9.91. The molecule has 6 heteroatoms. The van der Waals surface area contributed by atoms with Gasteiger partial charge in [-0.2, -0.15) is 0 Å². The molecule has 0 amide bonds. The summed E-state index contributed by atoms with van der Waals surface area (Å²) in [5.74, 6) is 0. The van der Waals surface area contributed by atoms with Crippen molar-refractivity contribution in [3.05, 3.63) is 115 Å². The summed E-state index contributed by atoms with van der Waals surface area (Å²) in [6.07, 6.45) is 0. The second-order valence-electron chi connectivity index (χ2n) is 8.84. The third-order valence-electron chi connectivity index (χ3n) is 6.93. The predicted molar refractivity (Wildman–Crippen MR) is 153 cm³/mol. The molecule has 0 aliphatic heterocycles. The Bertz CT molecular complexity index is 1880. The topological polar surface area (TPSA) is 40.6 Å². The Hall–Kier alpha value is -3.86. The molecule has 0 spiro atoms. The molecule has 0 saturated carbocycles. The third kappa shape index (κ3) is 3.15. The number of halogens is 2. The molecule has 0 bridgehead atoms. The fourth-order valence-corrected chi connectivity index (χ4v) is 5.87. The van der Waals surface area contributed by atoms with Crippen molar-refractivity contribution in [2.45, 2.75) is 0 Å². The molecule has 0 saturated heterocycles. The molecule has 0 aromatic heterocycles. The number of anilines is 4. The molecule has 4 nitrogen and oxygen atoms in total. The molecule has 36 heavy (non-hydrogen) atoms. The maximum Gasteiger partial charge on any atom is 0.245 e. The van der Waals surface area contributed by atoms with Crippen LogP contribution >= 0.6 is 23.2 Å². The largest absolute Gasteiger partial charge is 0.344 e. The van der Waals surface area contributed by atoms with Gasteiger partial charge in [0, 0.05) is 52.4 Å². The van der Waals surface area contributed by atoms with Gasteiger partial charge in [0.05, 0.1) is 16.4 Å². The van der Waals surface area contributed by atoms with Crippen LogP contribution in [0.25, 0.3) is 32.3 Å². The number of rotatable bonds is 4. The van der Waals surface area contributed by atoms with Gasteiger partial charge in [-0.1, -0.05) is 71.7 Å². The molecule has 6 aromatic carbocycles. The standard InChI is InChI=1S/C30H20Cl2N2O2/c1-33(18-9-5-3-6-10-18)21-16-14-17-13-15-20-23-22(17)24(21)28(34(2)19-11-7-4-8-12-19)26(31)25(23)27(32)30(36)29(20)35/h3-16H,1-2H3. The van der Waals surface area contributed by atoms with E-state index in [2.05, 4.69) is 11.0 Å². The van der Waals surface area contributed by atoms with Gasteiger partial charge < -0.3 is 9.80 Å². The number of benzene rings is 6. The molecule has 0 aliphatic carbocycles. The minimum absolute atomic E-state index is 0.142. The van der Waals surface area contributed by atoms with Crippen molar-refractivity contribution < 1.29 is 0 Å². The Morgan fingerprint density at radius 2 is 1.14 bits per heavy atom. The molecular weight excluding hydrogens is 491 g/mol. The van der Waals surface area contributed by atoms with Crippen LogP contribution < -0.4 is 20.7 Å². The van der Waals surface area contributed by atoms with Crippen LogP contribution in [0.1, 0.15) is 0 Å². The summed E-state index contributed by atoms with van der Waals surface area (Å²) in [4.78, 5) is 29.9. The maximum absolute atomic E-state index is 13.0. The Labute approximate surface area is 217 Å². The van der Waals surface area contributed by atoms with E-state index in [1.807, 2.05) is 91.8 Å². The minimum atomic E-state index is -0.737. The SMILES string of the molecule is CN(c1ccccc1)c1ccc2ccc3c(=O)c(=O)c(Cl)c4c(Cl)c(N(C)c5ccccc5)c1c2c43. The summed E-state index contributed by atoms with van der Waals surface area (Å²) in [6.45, 7) is 0. The van der Waals surface area contributed by atoms with Crippen molar-refractivity contribution in [3.63, 3.8) is 0 Å². The van der Waals surface area contributed by atoms with Gasteiger partial charge in [0.25, 0.3) is 0 Å². The van der Waals surface area contributed by atoms with Crippen LogP contribution in [0.2, 0.25) is 10.0 Å². The summed E-state index contributed by atoms with van der Waals surface area (Å²) < 4.78 is 0. The smallest absolute Gasteiger partial charge is 0.245 e. The van der Waals surface area contributed by atoms with Gasteiger partial charge in [-0.3, -0.25) is 9.59 Å². The molecule has 0 aliphatic rings. The Morgan fingerprint density at radius 1 is 0.556 bits per heavy atom. The number of hydrogen-bond acceptors (Lipinski definition) is 4. The highest BCUT2D eigenvalue weighted by molar-refractivity contribution is 6.49. The number of hydrogen-bond donors (Lipinski definition) is 0. The second kappa shape index (κ2) is 8.37. The second-order valence-corrected chi connectivity index (χ2v) is 9.60. The molecule has 6 aromatic rings. The van der Waals surface area contributed by atoms with Crippen LogP contribution in [-0.2, 0) is 0 Å². The molecule has 0 fully saturated rings. The molecule has 176 valence electrons. The van der Waals surface area contributed by atoms with E-state index in [9.17, 15) is 9.59 Å². The Balaban J connectivity index is 1.86. The van der Waals surface area contributed by atoms with Crippen LogP contribution in [0.4, 0.5) is 22.7 Å². The third-order valence-corrected chi connectivity index (χ3v) is 7.66. The molecular formula is C30H20Cl2N2O2. The molecule has 0 heterocycles. The van der Waals surface area contributed by atoms with Crippen LogP contribution in [0.3, 0.4) is 0 Å². The lowest BCUT2D eigenvalue weighted by molar-refractivity contribution is 1.20. The zero-order valence-corrected chi connectivity index (χ0v) is 21.1. The molecule has 0 unspecified atom stereocenters. The zero-order valence-electron chi connectivity index (χ0n) is 19.5. The van der Waals surface area contributed by atoms with Gasteiger partial charge in [-0.05, 0) is 41.8 Å². The average molecular weight is 511 g/mol. The maximum atomic E-state index is 13.0. The van der Waals surface area contributed by atoms with E-state index in [0.29, 0.717) is 26.9 Å². The fourth-order valence-electron chi connectivity index (χ4n) is 5.14. The van der Waals surface area contributed by atoms with E-state index in [-0.39, 0.29) is 5.02 Å². The first-order valence-corrected chi connectivity index (χ1v) is 12.2. The van der Waals surface area contributed by atoms with Gasteiger partial charge in [0.2, 0.25) is 10.9 Å². The first-order valence-electron chi connectivity index (χ1n) is 11.5. The van der Waals surface area contributed by atoms with E-state index < -0.39 is 10.9 Å². The van der Waals surface area contributed by atoms with E-state index in [0.717, 1.165) is 33.2 Å². The summed E-state index contributed by atoms with van der Waals surface area (Å²) in [5.41, 5.74) is 2.20. The van der Waals surface area contributed by atoms with Crippen molar-refractivity contribution in [1.82, 2.24) is 0 Å². The van der Waals surface area contributed by atoms with E-state index >= 15 is 0 Å². The van der Waals surface area contributed by atoms with Gasteiger partial charge >= 0.3 is 0 Å². The van der Waals surface area contributed by atoms with E-state index in [1.54, 1.807) is 6.07 Å². The quantitative estimate of drug-likeness (QED) is 0.181. The van der Waals surface area contributed by atoms with Gasteiger partial charge in [-0.15, -0.1) is 0 Å². The van der Waals surface area contributed by atoms with Crippen LogP contribution in [0.5, 0.6) is 0 Å². The molecule has 0 radical (unpaired) electrons. The first kappa shape index (κ1) is 22.6. The fraction of sp³-hybridized carbons (Fsp3) is 0.0667. The van der Waals surface area contributed by atoms with Gasteiger partial charge in [-0.25, -0.2) is 0 Å². The highest BCUT2D eigenvalue weighted by Crippen LogP contribution is 2.51. The highest BCUT2D eigenvalue weighted by atomic mass is 35.5. The first-order chi connectivity index (χ1) is 17.4. The normalized spacial score (nSPS) is 11.6. The molecule has 0 N–H and O–H groups in total. The van der Waals surface area contributed by atoms with Crippen LogP contribution in [-0.4, -0.2) is 14.1 Å². The van der Waals surface area contributed by atoms with Crippen molar-refractivity contribution in [1.29, 1.82) is 0 Å². The minimum Gasteiger partial charge on any atom is -0.344 e. The lowest BCUT2D eigenvalue weighted by Crippen LogP contribution is -2.25. The van der Waals surface area contributed by atoms with Crippen molar-refractivity contribution in [2.24, 2.45) is 0 Å². The average Bonchev–Trinajstić information content (AvgIpc) is 2.92. The summed E-state index contributed by atoms with van der Waals surface area (Å²) in [6, 6.07) is 27.6. The van der Waals surface area contributed by atoms with E-state index in [1.165, 1.54) is 0 Å². The summed E-state index contributed by atoms with van der Waals surface area (Å²) in [5, 5.41) is 4.21. The number of para-hydroxylation sites is 2.